The first-order valence-corrected chi connectivity index (χ1v) is 9.41. The maximum atomic E-state index is 12.5. The molecule has 3 rings (SSSR count). The number of nitrogens with zero attached hydrogens (tertiary/aromatic N) is 2. The zero-order chi connectivity index (χ0) is 17.6. The predicted octanol–water partition coefficient (Wildman–Crippen LogP) is 3.20. The van der Waals surface area contributed by atoms with Crippen LogP contribution in [-0.2, 0) is 10.5 Å². The van der Waals surface area contributed by atoms with Crippen molar-refractivity contribution in [3.05, 3.63) is 65.2 Å². The van der Waals surface area contributed by atoms with E-state index in [4.69, 9.17) is 0 Å². The highest BCUT2D eigenvalue weighted by molar-refractivity contribution is 7.98. The highest BCUT2D eigenvalue weighted by atomic mass is 32.2. The summed E-state index contributed by atoms with van der Waals surface area (Å²) in [4.78, 5) is 28.0. The average molecular weight is 354 g/mol. The van der Waals surface area contributed by atoms with Gasteiger partial charge in [-0.2, -0.15) is 0 Å². The lowest BCUT2D eigenvalue weighted by Gasteiger charge is -2.32. The number of carbonyl (C=O) groups is 2. The smallest absolute Gasteiger partial charge is 0.253 e. The predicted molar refractivity (Wildman–Crippen MR) is 101 cm³/mol. The summed E-state index contributed by atoms with van der Waals surface area (Å²) < 4.78 is 0. The average Bonchev–Trinajstić information content (AvgIpc) is 2.67. The normalized spacial score (nSPS) is 14.4. The number of piperazine rings is 1. The molecule has 2 aromatic rings. The lowest BCUT2D eigenvalue weighted by Crippen LogP contribution is -2.48. The fourth-order valence-electron chi connectivity index (χ4n) is 2.76. The molecule has 0 aliphatic carbocycles. The van der Waals surface area contributed by atoms with Gasteiger partial charge in [0.05, 0.1) is 0 Å². The molecule has 1 saturated heterocycles. The van der Waals surface area contributed by atoms with Gasteiger partial charge in [-0.25, -0.2) is 0 Å². The van der Waals surface area contributed by atoms with E-state index in [0.29, 0.717) is 31.7 Å². The Labute approximate surface area is 152 Å². The molecule has 1 aliphatic heterocycles. The van der Waals surface area contributed by atoms with Crippen molar-refractivity contribution in [2.75, 3.05) is 26.2 Å². The second-order valence-electron chi connectivity index (χ2n) is 6.23. The highest BCUT2D eigenvalue weighted by Crippen LogP contribution is 2.23. The first-order valence-electron chi connectivity index (χ1n) is 8.43. The Morgan fingerprint density at radius 2 is 1.64 bits per heavy atom. The van der Waals surface area contributed by atoms with Crippen molar-refractivity contribution in [1.82, 2.24) is 9.80 Å². The first-order chi connectivity index (χ1) is 12.2. The van der Waals surface area contributed by atoms with E-state index in [0.717, 1.165) is 12.2 Å². The van der Waals surface area contributed by atoms with Crippen LogP contribution in [0.4, 0.5) is 0 Å². The highest BCUT2D eigenvalue weighted by Gasteiger charge is 2.21. The summed E-state index contributed by atoms with van der Waals surface area (Å²) in [7, 11) is 0. The number of rotatable bonds is 5. The molecule has 0 N–H and O–H groups in total. The minimum absolute atomic E-state index is 0.0447. The van der Waals surface area contributed by atoms with Gasteiger partial charge in [-0.1, -0.05) is 29.8 Å². The number of amides is 2. The summed E-state index contributed by atoms with van der Waals surface area (Å²) in [5.74, 6) is 0.929. The molecular weight excluding hydrogens is 332 g/mol. The number of benzene rings is 2. The molecule has 2 aromatic carbocycles. The van der Waals surface area contributed by atoms with E-state index in [1.54, 1.807) is 16.7 Å². The molecule has 0 atom stereocenters. The molecule has 0 bridgehead atoms. The summed E-state index contributed by atoms with van der Waals surface area (Å²) >= 11 is 1.79. The molecule has 1 heterocycles. The lowest BCUT2D eigenvalue weighted by atomic mass is 10.1. The van der Waals surface area contributed by atoms with E-state index < -0.39 is 0 Å². The Hall–Kier alpha value is -2.27. The van der Waals surface area contributed by atoms with Crippen molar-refractivity contribution in [3.8, 4) is 0 Å². The maximum absolute atomic E-state index is 12.5. The van der Waals surface area contributed by atoms with Crippen LogP contribution in [0.5, 0.6) is 0 Å². The van der Waals surface area contributed by atoms with Crippen LogP contribution in [0, 0.1) is 6.92 Å². The molecule has 0 unspecified atom stereocenters. The molecule has 130 valence electrons. The minimum atomic E-state index is 0.0447. The van der Waals surface area contributed by atoms with Crippen LogP contribution in [0.25, 0.3) is 0 Å². The Morgan fingerprint density at radius 1 is 1.00 bits per heavy atom. The van der Waals surface area contributed by atoms with Crippen molar-refractivity contribution in [2.45, 2.75) is 17.6 Å². The molecule has 1 fully saturated rings. The summed E-state index contributed by atoms with van der Waals surface area (Å²) in [5.41, 5.74) is 3.18. The molecule has 25 heavy (non-hydrogen) atoms. The van der Waals surface area contributed by atoms with Crippen LogP contribution in [0.2, 0.25) is 0 Å². The topological polar surface area (TPSA) is 40.6 Å². The molecule has 2 amide bonds. The third kappa shape index (κ3) is 4.63. The number of hydrogen-bond donors (Lipinski definition) is 0. The van der Waals surface area contributed by atoms with Gasteiger partial charge in [0, 0.05) is 42.4 Å². The molecule has 1 aliphatic rings. The molecule has 0 radical (unpaired) electrons. The van der Waals surface area contributed by atoms with Gasteiger partial charge in [0.1, 0.15) is 0 Å². The molecule has 4 nitrogen and oxygen atoms in total. The van der Waals surface area contributed by atoms with E-state index in [9.17, 15) is 9.59 Å². The van der Waals surface area contributed by atoms with Crippen LogP contribution >= 0.6 is 11.8 Å². The molecular formula is C20H22N2O2S. The van der Waals surface area contributed by atoms with Gasteiger partial charge in [0.2, 0.25) is 6.41 Å². The second kappa shape index (κ2) is 8.21. The fraction of sp³-hybridized carbons (Fsp3) is 0.300. The summed E-state index contributed by atoms with van der Waals surface area (Å²) in [6.45, 7) is 4.51. The fourth-order valence-corrected chi connectivity index (χ4v) is 3.61. The maximum Gasteiger partial charge on any atom is 0.253 e. The zero-order valence-corrected chi connectivity index (χ0v) is 15.2. The van der Waals surface area contributed by atoms with Gasteiger partial charge >= 0.3 is 0 Å². The van der Waals surface area contributed by atoms with Gasteiger partial charge in [-0.15, -0.1) is 11.8 Å². The van der Waals surface area contributed by atoms with Crippen LogP contribution in [-0.4, -0.2) is 48.3 Å². The van der Waals surface area contributed by atoms with Crippen molar-refractivity contribution in [1.29, 1.82) is 0 Å². The number of thioether (sulfide) groups is 1. The molecule has 0 aromatic heterocycles. The van der Waals surface area contributed by atoms with Crippen LogP contribution in [0.1, 0.15) is 21.5 Å². The summed E-state index contributed by atoms with van der Waals surface area (Å²) in [5, 5.41) is 0. The third-order valence-corrected chi connectivity index (χ3v) is 5.46. The van der Waals surface area contributed by atoms with Gasteiger partial charge in [-0.05, 0) is 36.8 Å². The summed E-state index contributed by atoms with van der Waals surface area (Å²) in [6, 6.07) is 16.4. The van der Waals surface area contributed by atoms with Crippen molar-refractivity contribution in [2.24, 2.45) is 0 Å². The third-order valence-electron chi connectivity index (χ3n) is 4.38. The quantitative estimate of drug-likeness (QED) is 0.611. The van der Waals surface area contributed by atoms with Gasteiger partial charge < -0.3 is 9.80 Å². The van der Waals surface area contributed by atoms with Crippen LogP contribution in [0.15, 0.2) is 53.4 Å². The first kappa shape index (κ1) is 17.5. The number of carbonyl (C=O) groups excluding carboxylic acids is 2. The Balaban J connectivity index is 1.55. The monoisotopic (exact) mass is 354 g/mol. The van der Waals surface area contributed by atoms with Crippen LogP contribution in [0.3, 0.4) is 0 Å². The Bertz CT molecular complexity index is 720. The second-order valence-corrected chi connectivity index (χ2v) is 7.28. The van der Waals surface area contributed by atoms with Crippen molar-refractivity contribution < 1.29 is 9.59 Å². The number of hydrogen-bond acceptors (Lipinski definition) is 3. The molecule has 5 heteroatoms. The molecule has 0 spiro atoms. The van der Waals surface area contributed by atoms with Crippen LogP contribution < -0.4 is 0 Å². The van der Waals surface area contributed by atoms with Crippen molar-refractivity contribution in [3.63, 3.8) is 0 Å². The summed E-state index contributed by atoms with van der Waals surface area (Å²) in [6.07, 6.45) is 0.850. The zero-order valence-electron chi connectivity index (χ0n) is 14.4. The van der Waals surface area contributed by atoms with E-state index >= 15 is 0 Å². The van der Waals surface area contributed by atoms with E-state index in [1.807, 2.05) is 29.2 Å². The standard InChI is InChI=1S/C20H22N2O2S/c1-16-2-8-19(9-3-16)25-14-17-4-6-18(7-5-17)20(24)22-12-10-21(15-23)11-13-22/h2-9,15H,10-14H2,1H3. The molecule has 0 saturated carbocycles. The van der Waals surface area contributed by atoms with E-state index in [-0.39, 0.29) is 5.91 Å². The van der Waals surface area contributed by atoms with Gasteiger partial charge in [-0.3, -0.25) is 9.59 Å². The van der Waals surface area contributed by atoms with Crippen molar-refractivity contribution >= 4 is 24.1 Å². The van der Waals surface area contributed by atoms with E-state index in [1.165, 1.54) is 16.0 Å². The Kier molecular flexibility index (Phi) is 5.76. The van der Waals surface area contributed by atoms with E-state index in [2.05, 4.69) is 31.2 Å². The Morgan fingerprint density at radius 3 is 2.24 bits per heavy atom. The number of aryl methyl sites for hydroxylation is 1. The lowest BCUT2D eigenvalue weighted by molar-refractivity contribution is -0.119. The van der Waals surface area contributed by atoms with Gasteiger partial charge in [0.15, 0.2) is 0 Å². The van der Waals surface area contributed by atoms with Gasteiger partial charge in [0.25, 0.3) is 5.91 Å². The minimum Gasteiger partial charge on any atom is -0.342 e. The SMILES string of the molecule is Cc1ccc(SCc2ccc(C(=O)N3CCN(C=O)CC3)cc2)cc1. The largest absolute Gasteiger partial charge is 0.342 e.